The number of amides is 1. The zero-order valence-electron chi connectivity index (χ0n) is 11.9. The largest absolute Gasteiger partial charge is 0.385 e. The van der Waals surface area contributed by atoms with E-state index in [1.165, 1.54) is 5.56 Å². The molecule has 3 rings (SSSR count). The third-order valence-corrected chi connectivity index (χ3v) is 4.24. The summed E-state index contributed by atoms with van der Waals surface area (Å²) in [5, 5.41) is 6.78. The summed E-state index contributed by atoms with van der Waals surface area (Å²) >= 11 is 6.20. The van der Waals surface area contributed by atoms with Gasteiger partial charge in [-0.3, -0.25) is 4.79 Å². The molecule has 0 spiro atoms. The van der Waals surface area contributed by atoms with Gasteiger partial charge in [0.15, 0.2) is 0 Å². The summed E-state index contributed by atoms with van der Waals surface area (Å²) in [6.07, 6.45) is 2.23. The van der Waals surface area contributed by atoms with Gasteiger partial charge in [-0.2, -0.15) is 0 Å². The lowest BCUT2D eigenvalue weighted by Crippen LogP contribution is -2.15. The van der Waals surface area contributed by atoms with Gasteiger partial charge in [0, 0.05) is 17.9 Å². The standard InChI is InChI=1S/C17H17ClN2O/c1-11-4-2-6-14(16(11)18)17(21)20-13-8-7-12-5-3-9-19-15(12)10-13/h2,4,6-8,10,19H,3,5,9H2,1H3,(H,20,21). The molecule has 0 atom stereocenters. The molecule has 1 amide bonds. The van der Waals surface area contributed by atoms with E-state index in [9.17, 15) is 4.79 Å². The van der Waals surface area contributed by atoms with Gasteiger partial charge in [0.25, 0.3) is 5.91 Å². The van der Waals surface area contributed by atoms with Crippen LogP contribution in [0.4, 0.5) is 11.4 Å². The van der Waals surface area contributed by atoms with Crippen LogP contribution in [0.1, 0.15) is 27.9 Å². The van der Waals surface area contributed by atoms with E-state index in [1.54, 1.807) is 6.07 Å². The topological polar surface area (TPSA) is 41.1 Å². The van der Waals surface area contributed by atoms with Crippen molar-refractivity contribution in [3.05, 3.63) is 58.1 Å². The van der Waals surface area contributed by atoms with Crippen LogP contribution in [0.15, 0.2) is 36.4 Å². The molecule has 0 aromatic heterocycles. The van der Waals surface area contributed by atoms with Gasteiger partial charge in [-0.1, -0.05) is 29.8 Å². The molecule has 0 fully saturated rings. The number of benzene rings is 2. The van der Waals surface area contributed by atoms with E-state index in [1.807, 2.05) is 31.2 Å². The van der Waals surface area contributed by atoms with E-state index in [0.29, 0.717) is 10.6 Å². The first kappa shape index (κ1) is 14.0. The minimum atomic E-state index is -0.181. The van der Waals surface area contributed by atoms with Gasteiger partial charge < -0.3 is 10.6 Å². The van der Waals surface area contributed by atoms with Gasteiger partial charge in [-0.05, 0) is 49.1 Å². The number of rotatable bonds is 2. The van der Waals surface area contributed by atoms with Gasteiger partial charge in [0.05, 0.1) is 10.6 Å². The van der Waals surface area contributed by atoms with Crippen LogP contribution in [0.3, 0.4) is 0 Å². The Labute approximate surface area is 129 Å². The first-order valence-corrected chi connectivity index (χ1v) is 7.46. The lowest BCUT2D eigenvalue weighted by molar-refractivity contribution is 0.102. The molecule has 1 aliphatic rings. The van der Waals surface area contributed by atoms with Crippen molar-refractivity contribution in [2.24, 2.45) is 0 Å². The fourth-order valence-corrected chi connectivity index (χ4v) is 2.77. The normalized spacial score (nSPS) is 13.2. The van der Waals surface area contributed by atoms with Crippen molar-refractivity contribution in [3.63, 3.8) is 0 Å². The minimum absolute atomic E-state index is 0.181. The first-order chi connectivity index (χ1) is 10.1. The van der Waals surface area contributed by atoms with E-state index in [2.05, 4.69) is 16.7 Å². The van der Waals surface area contributed by atoms with Crippen LogP contribution in [0.2, 0.25) is 5.02 Å². The van der Waals surface area contributed by atoms with Crippen molar-refractivity contribution in [2.45, 2.75) is 19.8 Å². The van der Waals surface area contributed by atoms with E-state index in [0.717, 1.165) is 36.3 Å². The Morgan fingerprint density at radius 2 is 2.14 bits per heavy atom. The van der Waals surface area contributed by atoms with Crippen LogP contribution in [0, 0.1) is 6.92 Å². The van der Waals surface area contributed by atoms with Gasteiger partial charge in [0.1, 0.15) is 0 Å². The molecule has 0 radical (unpaired) electrons. The zero-order valence-corrected chi connectivity index (χ0v) is 12.6. The van der Waals surface area contributed by atoms with Crippen LogP contribution < -0.4 is 10.6 Å². The molecule has 1 aliphatic heterocycles. The van der Waals surface area contributed by atoms with Gasteiger partial charge >= 0.3 is 0 Å². The number of nitrogens with one attached hydrogen (secondary N) is 2. The Hall–Kier alpha value is -2.00. The second kappa shape index (κ2) is 5.78. The fourth-order valence-electron chi connectivity index (χ4n) is 2.56. The van der Waals surface area contributed by atoms with Crippen molar-refractivity contribution in [2.75, 3.05) is 17.2 Å². The number of aryl methyl sites for hydroxylation is 2. The number of fused-ring (bicyclic) bond motifs is 1. The quantitative estimate of drug-likeness (QED) is 0.870. The summed E-state index contributed by atoms with van der Waals surface area (Å²) < 4.78 is 0. The Kier molecular flexibility index (Phi) is 3.84. The number of carbonyl (C=O) groups is 1. The number of anilines is 2. The van der Waals surface area contributed by atoms with Crippen molar-refractivity contribution in [1.82, 2.24) is 0 Å². The Morgan fingerprint density at radius 1 is 1.29 bits per heavy atom. The van der Waals surface area contributed by atoms with Crippen molar-refractivity contribution in [3.8, 4) is 0 Å². The Morgan fingerprint density at radius 3 is 3.00 bits per heavy atom. The summed E-state index contributed by atoms with van der Waals surface area (Å²) in [5.41, 5.74) is 4.59. The van der Waals surface area contributed by atoms with Crippen LogP contribution in [-0.2, 0) is 6.42 Å². The van der Waals surface area contributed by atoms with Crippen LogP contribution in [-0.4, -0.2) is 12.5 Å². The highest BCUT2D eigenvalue weighted by Gasteiger charge is 2.13. The molecule has 0 saturated carbocycles. The maximum absolute atomic E-state index is 12.3. The molecule has 2 aromatic carbocycles. The monoisotopic (exact) mass is 300 g/mol. The molecule has 0 aliphatic carbocycles. The molecular formula is C17H17ClN2O. The maximum atomic E-state index is 12.3. The van der Waals surface area contributed by atoms with Crippen molar-refractivity contribution < 1.29 is 4.79 Å². The second-order valence-corrected chi connectivity index (χ2v) is 5.67. The van der Waals surface area contributed by atoms with Gasteiger partial charge in [-0.25, -0.2) is 0 Å². The molecule has 4 heteroatoms. The number of hydrogen-bond acceptors (Lipinski definition) is 2. The van der Waals surface area contributed by atoms with Gasteiger partial charge in [0.2, 0.25) is 0 Å². The molecule has 2 N–H and O–H groups in total. The average molecular weight is 301 g/mol. The lowest BCUT2D eigenvalue weighted by atomic mass is 10.0. The van der Waals surface area contributed by atoms with Crippen LogP contribution in [0.5, 0.6) is 0 Å². The number of halogens is 1. The molecule has 21 heavy (non-hydrogen) atoms. The van der Waals surface area contributed by atoms with Crippen molar-refractivity contribution in [1.29, 1.82) is 0 Å². The van der Waals surface area contributed by atoms with Crippen LogP contribution in [0.25, 0.3) is 0 Å². The summed E-state index contributed by atoms with van der Waals surface area (Å²) in [7, 11) is 0. The number of carbonyl (C=O) groups excluding carboxylic acids is 1. The molecule has 0 saturated heterocycles. The third kappa shape index (κ3) is 2.88. The lowest BCUT2D eigenvalue weighted by Gasteiger charge is -2.19. The summed E-state index contributed by atoms with van der Waals surface area (Å²) in [6, 6.07) is 11.5. The summed E-state index contributed by atoms with van der Waals surface area (Å²) in [6.45, 7) is 2.87. The van der Waals surface area contributed by atoms with E-state index in [-0.39, 0.29) is 5.91 Å². The van der Waals surface area contributed by atoms with Gasteiger partial charge in [-0.15, -0.1) is 0 Å². The third-order valence-electron chi connectivity index (χ3n) is 3.74. The Balaban J connectivity index is 1.83. The predicted octanol–water partition coefficient (Wildman–Crippen LogP) is 4.26. The highest BCUT2D eigenvalue weighted by Crippen LogP contribution is 2.26. The predicted molar refractivity (Wildman–Crippen MR) is 87.4 cm³/mol. The van der Waals surface area contributed by atoms with Crippen molar-refractivity contribution >= 4 is 28.9 Å². The molecule has 2 aromatic rings. The summed E-state index contributed by atoms with van der Waals surface area (Å²) in [5.74, 6) is -0.181. The fraction of sp³-hybridized carbons (Fsp3) is 0.235. The first-order valence-electron chi connectivity index (χ1n) is 7.08. The molecule has 108 valence electrons. The molecule has 3 nitrogen and oxygen atoms in total. The zero-order chi connectivity index (χ0) is 14.8. The summed E-state index contributed by atoms with van der Waals surface area (Å²) in [4.78, 5) is 12.3. The smallest absolute Gasteiger partial charge is 0.257 e. The van der Waals surface area contributed by atoms with Crippen LogP contribution >= 0.6 is 11.6 Å². The highest BCUT2D eigenvalue weighted by atomic mass is 35.5. The SMILES string of the molecule is Cc1cccc(C(=O)Nc2ccc3c(c2)NCCC3)c1Cl. The minimum Gasteiger partial charge on any atom is -0.385 e. The highest BCUT2D eigenvalue weighted by molar-refractivity contribution is 6.35. The van der Waals surface area contributed by atoms with E-state index in [4.69, 9.17) is 11.6 Å². The second-order valence-electron chi connectivity index (χ2n) is 5.29. The maximum Gasteiger partial charge on any atom is 0.257 e. The van der Waals surface area contributed by atoms with E-state index < -0.39 is 0 Å². The number of hydrogen-bond donors (Lipinski definition) is 2. The molecule has 1 heterocycles. The molecule has 0 bridgehead atoms. The van der Waals surface area contributed by atoms with E-state index >= 15 is 0 Å². The average Bonchev–Trinajstić information content (AvgIpc) is 2.50. The Bertz CT molecular complexity index is 697. The molecule has 0 unspecified atom stereocenters. The molecular weight excluding hydrogens is 284 g/mol.